The molecule has 0 bridgehead atoms. The van der Waals surface area contributed by atoms with Crippen LogP contribution in [0.25, 0.3) is 0 Å². The van der Waals surface area contributed by atoms with Gasteiger partial charge in [-0.25, -0.2) is 4.79 Å². The lowest BCUT2D eigenvalue weighted by atomic mass is 10.2. The lowest BCUT2D eigenvalue weighted by Crippen LogP contribution is -2.20. The van der Waals surface area contributed by atoms with Crippen LogP contribution in [0.1, 0.15) is 16.1 Å². The van der Waals surface area contributed by atoms with E-state index >= 15 is 0 Å². The first-order chi connectivity index (χ1) is 8.30. The molecule has 18 heavy (non-hydrogen) atoms. The number of nitrogens with zero attached hydrogens (tertiary/aromatic N) is 1. The minimum Gasteiger partial charge on any atom is -0.492 e. The van der Waals surface area contributed by atoms with Crippen molar-refractivity contribution in [2.45, 2.75) is 12.2 Å². The molecule has 0 atom stereocenters. The van der Waals surface area contributed by atoms with E-state index in [4.69, 9.17) is 16.7 Å². The lowest BCUT2D eigenvalue weighted by molar-refractivity contribution is -0.275. The molecule has 1 aromatic heterocycles. The molecule has 0 radical (unpaired) electrons. The fourth-order valence-corrected chi connectivity index (χ4v) is 1.37. The van der Waals surface area contributed by atoms with Gasteiger partial charge in [0.25, 0.3) is 0 Å². The van der Waals surface area contributed by atoms with Crippen LogP contribution in [-0.2, 0) is 5.88 Å². The number of carboxylic acids is 1. The van der Waals surface area contributed by atoms with Gasteiger partial charge in [0, 0.05) is 6.20 Å². The quantitative estimate of drug-likeness (QED) is 0.861. The summed E-state index contributed by atoms with van der Waals surface area (Å²) < 4.78 is 45.0. The maximum absolute atomic E-state index is 12.2. The van der Waals surface area contributed by atoms with Crippen molar-refractivity contribution in [1.82, 2.24) is 4.98 Å². The first kappa shape index (κ1) is 14.4. The Bertz CT molecular complexity index is 464. The number of ether oxygens (including phenoxy) is 2. The van der Waals surface area contributed by atoms with Gasteiger partial charge in [-0.2, -0.15) is 0 Å². The molecule has 1 heterocycles. The van der Waals surface area contributed by atoms with E-state index in [1.807, 2.05) is 0 Å². The van der Waals surface area contributed by atoms with Gasteiger partial charge in [0.1, 0.15) is 11.3 Å². The fraction of sp³-hybridized carbons (Fsp3) is 0.333. The van der Waals surface area contributed by atoms with Crippen LogP contribution in [0.4, 0.5) is 13.2 Å². The Balaban J connectivity index is 3.41. The van der Waals surface area contributed by atoms with Gasteiger partial charge in [-0.15, -0.1) is 24.8 Å². The number of halogens is 4. The van der Waals surface area contributed by atoms with Crippen LogP contribution in [0.5, 0.6) is 11.5 Å². The van der Waals surface area contributed by atoms with Crippen LogP contribution in [-0.4, -0.2) is 29.5 Å². The first-order valence-corrected chi connectivity index (χ1v) is 4.94. The smallest absolute Gasteiger partial charge is 0.492 e. The number of carboxylic acid groups (broad SMARTS) is 1. The summed E-state index contributed by atoms with van der Waals surface area (Å²) in [6, 6.07) is 0. The predicted octanol–water partition coefficient (Wildman–Crippen LogP) is 2.43. The molecule has 100 valence electrons. The van der Waals surface area contributed by atoms with Crippen molar-refractivity contribution in [1.29, 1.82) is 0 Å². The first-order valence-electron chi connectivity index (χ1n) is 4.41. The van der Waals surface area contributed by atoms with E-state index < -0.39 is 29.4 Å². The van der Waals surface area contributed by atoms with Gasteiger partial charge in [-0.1, -0.05) is 0 Å². The molecular weight excluding hydrogens is 279 g/mol. The molecule has 0 aliphatic carbocycles. The van der Waals surface area contributed by atoms with Crippen molar-refractivity contribution >= 4 is 17.6 Å². The number of rotatable bonds is 4. The molecule has 0 saturated carbocycles. The molecular formula is C9H7ClF3NO4. The van der Waals surface area contributed by atoms with Crippen molar-refractivity contribution in [3.05, 3.63) is 17.5 Å². The summed E-state index contributed by atoms with van der Waals surface area (Å²) in [5, 5.41) is 8.79. The molecule has 0 fully saturated rings. The number of carbonyl (C=O) groups is 1. The standard InChI is InChI=1S/C9H7ClF3NO4/c1-17-6-4(8(15)16)3-14-5(2-10)7(6)18-9(11,12)13/h3H,2H2,1H3,(H,15,16). The second-order valence-corrected chi connectivity index (χ2v) is 3.23. The Morgan fingerprint density at radius 2 is 2.11 bits per heavy atom. The normalized spacial score (nSPS) is 11.2. The summed E-state index contributed by atoms with van der Waals surface area (Å²) in [5.74, 6) is -3.31. The van der Waals surface area contributed by atoms with Gasteiger partial charge in [0.05, 0.1) is 13.0 Å². The molecule has 1 N–H and O–H groups in total. The van der Waals surface area contributed by atoms with Gasteiger partial charge >= 0.3 is 12.3 Å². The summed E-state index contributed by atoms with van der Waals surface area (Å²) in [4.78, 5) is 14.3. The van der Waals surface area contributed by atoms with E-state index in [1.165, 1.54) is 0 Å². The zero-order valence-corrected chi connectivity index (χ0v) is 9.67. The van der Waals surface area contributed by atoms with Crippen LogP contribution in [0.3, 0.4) is 0 Å². The third-order valence-electron chi connectivity index (χ3n) is 1.84. The Morgan fingerprint density at radius 1 is 1.50 bits per heavy atom. The summed E-state index contributed by atoms with van der Waals surface area (Å²) in [6.07, 6.45) is -4.16. The minimum atomic E-state index is -5.01. The zero-order valence-electron chi connectivity index (χ0n) is 8.92. The second kappa shape index (κ2) is 5.30. The van der Waals surface area contributed by atoms with Gasteiger partial charge < -0.3 is 14.6 Å². The average molecular weight is 286 g/mol. The molecule has 9 heteroatoms. The van der Waals surface area contributed by atoms with E-state index in [2.05, 4.69) is 14.5 Å². The molecule has 0 amide bonds. The van der Waals surface area contributed by atoms with Crippen molar-refractivity contribution < 1.29 is 32.5 Å². The van der Waals surface area contributed by atoms with Crippen molar-refractivity contribution in [2.24, 2.45) is 0 Å². The average Bonchev–Trinajstić information content (AvgIpc) is 2.26. The summed E-state index contributed by atoms with van der Waals surface area (Å²) in [7, 11) is 1.02. The number of hydrogen-bond acceptors (Lipinski definition) is 4. The van der Waals surface area contributed by atoms with Crippen LogP contribution < -0.4 is 9.47 Å². The lowest BCUT2D eigenvalue weighted by Gasteiger charge is -2.16. The Kier molecular flexibility index (Phi) is 4.23. The van der Waals surface area contributed by atoms with Gasteiger partial charge in [-0.3, -0.25) is 4.98 Å². The second-order valence-electron chi connectivity index (χ2n) is 2.97. The third-order valence-corrected chi connectivity index (χ3v) is 2.09. The highest BCUT2D eigenvalue weighted by molar-refractivity contribution is 6.17. The molecule has 5 nitrogen and oxygen atoms in total. The summed E-state index contributed by atoms with van der Waals surface area (Å²) in [5.41, 5.74) is -0.818. The predicted molar refractivity (Wildman–Crippen MR) is 54.0 cm³/mol. The van der Waals surface area contributed by atoms with E-state index in [1.54, 1.807) is 0 Å². The molecule has 0 spiro atoms. The van der Waals surface area contributed by atoms with E-state index in [0.29, 0.717) is 0 Å². The van der Waals surface area contributed by atoms with E-state index in [-0.39, 0.29) is 11.6 Å². The van der Waals surface area contributed by atoms with E-state index in [9.17, 15) is 18.0 Å². The van der Waals surface area contributed by atoms with Gasteiger partial charge in [0.2, 0.25) is 0 Å². The minimum absolute atomic E-state index is 0.268. The molecule has 0 aromatic carbocycles. The van der Waals surface area contributed by atoms with Crippen LogP contribution in [0.2, 0.25) is 0 Å². The zero-order chi connectivity index (χ0) is 13.9. The number of pyridine rings is 1. The van der Waals surface area contributed by atoms with Crippen LogP contribution in [0.15, 0.2) is 6.20 Å². The number of aromatic nitrogens is 1. The molecule has 1 rings (SSSR count). The molecule has 0 aliphatic rings. The maximum Gasteiger partial charge on any atom is 0.573 e. The summed E-state index contributed by atoms with van der Waals surface area (Å²) in [6.45, 7) is 0. The topological polar surface area (TPSA) is 68.7 Å². The highest BCUT2D eigenvalue weighted by Crippen LogP contribution is 2.37. The number of aromatic carboxylic acids is 1. The largest absolute Gasteiger partial charge is 0.573 e. The number of hydrogen-bond donors (Lipinski definition) is 1. The molecule has 0 aliphatic heterocycles. The Morgan fingerprint density at radius 3 is 2.50 bits per heavy atom. The Hall–Kier alpha value is -1.70. The SMILES string of the molecule is COc1c(C(=O)O)cnc(CCl)c1OC(F)(F)F. The number of alkyl halides is 4. The van der Waals surface area contributed by atoms with Crippen LogP contribution >= 0.6 is 11.6 Å². The Labute approximate surface area is 104 Å². The van der Waals surface area contributed by atoms with Gasteiger partial charge in [0.15, 0.2) is 11.5 Å². The fourth-order valence-electron chi connectivity index (χ4n) is 1.18. The van der Waals surface area contributed by atoms with Crippen molar-refractivity contribution in [3.63, 3.8) is 0 Å². The van der Waals surface area contributed by atoms with Gasteiger partial charge in [-0.05, 0) is 0 Å². The third kappa shape index (κ3) is 3.16. The van der Waals surface area contributed by atoms with Crippen molar-refractivity contribution in [3.8, 4) is 11.5 Å². The monoisotopic (exact) mass is 285 g/mol. The molecule has 1 aromatic rings. The maximum atomic E-state index is 12.2. The highest BCUT2D eigenvalue weighted by atomic mass is 35.5. The number of methoxy groups -OCH3 is 1. The van der Waals surface area contributed by atoms with Crippen LogP contribution in [0, 0.1) is 0 Å². The molecule has 0 saturated heterocycles. The summed E-state index contributed by atoms with van der Waals surface area (Å²) >= 11 is 5.41. The van der Waals surface area contributed by atoms with E-state index in [0.717, 1.165) is 13.3 Å². The molecule has 0 unspecified atom stereocenters. The van der Waals surface area contributed by atoms with Crippen molar-refractivity contribution in [2.75, 3.05) is 7.11 Å². The highest BCUT2D eigenvalue weighted by Gasteiger charge is 2.35.